The summed E-state index contributed by atoms with van der Waals surface area (Å²) in [6, 6.07) is 3.87. The Morgan fingerprint density at radius 3 is 2.67 bits per heavy atom. The quantitative estimate of drug-likeness (QED) is 0.805. The van der Waals surface area contributed by atoms with E-state index in [0.717, 1.165) is 28.9 Å². The van der Waals surface area contributed by atoms with E-state index in [-0.39, 0.29) is 17.9 Å². The van der Waals surface area contributed by atoms with Crippen molar-refractivity contribution in [1.82, 2.24) is 25.0 Å². The number of carbonyl (C=O) groups is 2. The molecule has 0 aromatic carbocycles. The van der Waals surface area contributed by atoms with Crippen molar-refractivity contribution in [1.29, 1.82) is 0 Å². The van der Waals surface area contributed by atoms with Crippen molar-refractivity contribution in [3.63, 3.8) is 0 Å². The number of rotatable bonds is 7. The van der Waals surface area contributed by atoms with Gasteiger partial charge in [-0.15, -0.1) is 0 Å². The molecule has 1 atom stereocenters. The number of amides is 2. The van der Waals surface area contributed by atoms with Gasteiger partial charge in [0, 0.05) is 57.1 Å². The summed E-state index contributed by atoms with van der Waals surface area (Å²) in [4.78, 5) is 30.4. The fourth-order valence-corrected chi connectivity index (χ4v) is 3.61. The van der Waals surface area contributed by atoms with Gasteiger partial charge in [-0.2, -0.15) is 5.10 Å². The van der Waals surface area contributed by atoms with Gasteiger partial charge < -0.3 is 10.2 Å². The van der Waals surface area contributed by atoms with Gasteiger partial charge in [0.15, 0.2) is 0 Å². The van der Waals surface area contributed by atoms with Crippen LogP contribution in [0.1, 0.15) is 41.8 Å². The number of nitrogens with one attached hydrogen (secondary N) is 1. The zero-order valence-corrected chi connectivity index (χ0v) is 16.2. The van der Waals surface area contributed by atoms with Crippen molar-refractivity contribution < 1.29 is 9.59 Å². The molecule has 0 aliphatic carbocycles. The standard InChI is InChI=1S/C20H27N5O2/c1-14-18(15(2)24(3)23-14)5-7-20(27)25(12-16-8-10-21-11-9-16)13-17-4-6-19(26)22-17/h8-11,17H,4-7,12-13H2,1-3H3,(H,22,26)/t17-/m0/s1. The van der Waals surface area contributed by atoms with Gasteiger partial charge in [0.1, 0.15) is 0 Å². The molecule has 7 heteroatoms. The van der Waals surface area contributed by atoms with Gasteiger partial charge >= 0.3 is 0 Å². The monoisotopic (exact) mass is 369 g/mol. The summed E-state index contributed by atoms with van der Waals surface area (Å²) in [6.07, 6.45) is 5.89. The van der Waals surface area contributed by atoms with Crippen molar-refractivity contribution in [3.05, 3.63) is 47.0 Å². The number of pyridine rings is 1. The molecule has 1 saturated heterocycles. The zero-order valence-electron chi connectivity index (χ0n) is 16.2. The first kappa shape index (κ1) is 19.1. The minimum atomic E-state index is 0.0325. The Morgan fingerprint density at radius 1 is 1.33 bits per heavy atom. The average Bonchev–Trinajstić information content (AvgIpc) is 3.16. The van der Waals surface area contributed by atoms with Crippen molar-refractivity contribution in [2.45, 2.75) is 52.1 Å². The molecule has 1 fully saturated rings. The normalized spacial score (nSPS) is 16.4. The van der Waals surface area contributed by atoms with E-state index in [4.69, 9.17) is 0 Å². The zero-order chi connectivity index (χ0) is 19.4. The highest BCUT2D eigenvalue weighted by molar-refractivity contribution is 5.79. The molecule has 2 aromatic heterocycles. The van der Waals surface area contributed by atoms with E-state index in [2.05, 4.69) is 15.4 Å². The molecule has 0 saturated carbocycles. The molecule has 144 valence electrons. The molecule has 0 unspecified atom stereocenters. The maximum Gasteiger partial charge on any atom is 0.223 e. The molecule has 2 aromatic rings. The summed E-state index contributed by atoms with van der Waals surface area (Å²) in [7, 11) is 1.92. The molecular weight excluding hydrogens is 342 g/mol. The van der Waals surface area contributed by atoms with Crippen LogP contribution in [0, 0.1) is 13.8 Å². The Bertz CT molecular complexity index is 815. The number of hydrogen-bond donors (Lipinski definition) is 1. The van der Waals surface area contributed by atoms with E-state index in [1.54, 1.807) is 12.4 Å². The highest BCUT2D eigenvalue weighted by atomic mass is 16.2. The number of aromatic nitrogens is 3. The molecule has 3 rings (SSSR count). The van der Waals surface area contributed by atoms with Crippen molar-refractivity contribution in [2.75, 3.05) is 6.54 Å². The summed E-state index contributed by atoms with van der Waals surface area (Å²) in [5, 5.41) is 7.39. The lowest BCUT2D eigenvalue weighted by Gasteiger charge is -2.26. The average molecular weight is 369 g/mol. The number of aryl methyl sites for hydroxylation is 2. The van der Waals surface area contributed by atoms with Crippen molar-refractivity contribution >= 4 is 11.8 Å². The molecule has 1 aliphatic rings. The topological polar surface area (TPSA) is 80.1 Å². The molecule has 0 radical (unpaired) electrons. The van der Waals surface area contributed by atoms with Gasteiger partial charge in [0.25, 0.3) is 0 Å². The molecular formula is C20H27N5O2. The predicted octanol–water partition coefficient (Wildman–Crippen LogP) is 1.67. The Hall–Kier alpha value is -2.70. The first-order chi connectivity index (χ1) is 12.9. The van der Waals surface area contributed by atoms with Gasteiger partial charge in [0.05, 0.1) is 5.69 Å². The van der Waals surface area contributed by atoms with Crippen LogP contribution >= 0.6 is 0 Å². The van der Waals surface area contributed by atoms with Crippen LogP contribution in [0.4, 0.5) is 0 Å². The highest BCUT2D eigenvalue weighted by Gasteiger charge is 2.25. The number of nitrogens with zero attached hydrogens (tertiary/aromatic N) is 4. The van der Waals surface area contributed by atoms with Gasteiger partial charge in [-0.25, -0.2) is 0 Å². The van der Waals surface area contributed by atoms with E-state index in [1.807, 2.05) is 42.6 Å². The van der Waals surface area contributed by atoms with Crippen molar-refractivity contribution in [3.8, 4) is 0 Å². The Balaban J connectivity index is 1.68. The molecule has 7 nitrogen and oxygen atoms in total. The molecule has 0 bridgehead atoms. The second-order valence-electron chi connectivity index (χ2n) is 7.21. The summed E-state index contributed by atoms with van der Waals surface area (Å²) in [5.74, 6) is 0.161. The highest BCUT2D eigenvalue weighted by Crippen LogP contribution is 2.17. The molecule has 0 spiro atoms. The minimum absolute atomic E-state index is 0.0325. The summed E-state index contributed by atoms with van der Waals surface area (Å²) >= 11 is 0. The van der Waals surface area contributed by atoms with Crippen LogP contribution in [0.2, 0.25) is 0 Å². The number of carbonyl (C=O) groups excluding carboxylic acids is 2. The summed E-state index contributed by atoms with van der Waals surface area (Å²) in [5.41, 5.74) is 4.26. The van der Waals surface area contributed by atoms with Gasteiger partial charge in [-0.1, -0.05) is 0 Å². The Kier molecular flexibility index (Phi) is 5.88. The first-order valence-electron chi connectivity index (χ1n) is 9.39. The third-order valence-corrected chi connectivity index (χ3v) is 5.25. The largest absolute Gasteiger partial charge is 0.352 e. The molecule has 2 amide bonds. The van der Waals surface area contributed by atoms with E-state index in [1.165, 1.54) is 0 Å². The van der Waals surface area contributed by atoms with E-state index in [9.17, 15) is 9.59 Å². The van der Waals surface area contributed by atoms with E-state index < -0.39 is 0 Å². The van der Waals surface area contributed by atoms with Gasteiger partial charge in [-0.3, -0.25) is 19.3 Å². The van der Waals surface area contributed by atoms with Crippen LogP contribution < -0.4 is 5.32 Å². The molecule has 1 aliphatic heterocycles. The lowest BCUT2D eigenvalue weighted by atomic mass is 10.1. The maximum atomic E-state index is 13.0. The smallest absolute Gasteiger partial charge is 0.223 e. The fraction of sp³-hybridized carbons (Fsp3) is 0.500. The number of hydrogen-bond acceptors (Lipinski definition) is 4. The first-order valence-corrected chi connectivity index (χ1v) is 9.39. The fourth-order valence-electron chi connectivity index (χ4n) is 3.61. The van der Waals surface area contributed by atoms with Crippen molar-refractivity contribution in [2.24, 2.45) is 7.05 Å². The van der Waals surface area contributed by atoms with Gasteiger partial charge in [-0.05, 0) is 49.9 Å². The predicted molar refractivity (Wildman–Crippen MR) is 102 cm³/mol. The Labute approximate surface area is 159 Å². The van der Waals surface area contributed by atoms with Crippen LogP contribution in [-0.2, 0) is 29.6 Å². The second-order valence-corrected chi connectivity index (χ2v) is 7.21. The molecule has 1 N–H and O–H groups in total. The van der Waals surface area contributed by atoms with Crippen LogP contribution in [0.3, 0.4) is 0 Å². The SMILES string of the molecule is Cc1nn(C)c(C)c1CCC(=O)N(Cc1ccncc1)C[C@@H]1CCC(=O)N1. The van der Waals surface area contributed by atoms with Crippen LogP contribution in [0.15, 0.2) is 24.5 Å². The van der Waals surface area contributed by atoms with E-state index >= 15 is 0 Å². The van der Waals surface area contributed by atoms with Crippen LogP contribution in [0.5, 0.6) is 0 Å². The third-order valence-electron chi connectivity index (χ3n) is 5.25. The van der Waals surface area contributed by atoms with E-state index in [0.29, 0.717) is 32.4 Å². The maximum absolute atomic E-state index is 13.0. The minimum Gasteiger partial charge on any atom is -0.352 e. The van der Waals surface area contributed by atoms with Crippen LogP contribution in [0.25, 0.3) is 0 Å². The summed E-state index contributed by atoms with van der Waals surface area (Å²) < 4.78 is 1.86. The Morgan fingerprint density at radius 2 is 2.07 bits per heavy atom. The summed E-state index contributed by atoms with van der Waals surface area (Å²) in [6.45, 7) is 5.08. The molecule has 3 heterocycles. The lowest BCUT2D eigenvalue weighted by molar-refractivity contribution is -0.132. The van der Waals surface area contributed by atoms with Crippen LogP contribution in [-0.4, -0.2) is 44.1 Å². The molecule has 27 heavy (non-hydrogen) atoms. The van der Waals surface area contributed by atoms with Gasteiger partial charge in [0.2, 0.25) is 11.8 Å². The lowest BCUT2D eigenvalue weighted by Crippen LogP contribution is -2.41. The third kappa shape index (κ3) is 4.72. The second kappa shape index (κ2) is 8.33.